The van der Waals surface area contributed by atoms with E-state index in [1.165, 1.54) is 4.90 Å². The van der Waals surface area contributed by atoms with Gasteiger partial charge in [-0.15, -0.1) is 0 Å². The molecule has 6 rings (SSSR count). The molecule has 2 fully saturated rings. The van der Waals surface area contributed by atoms with Gasteiger partial charge in [0, 0.05) is 18.5 Å². The Hall–Kier alpha value is -4.28. The largest absolute Gasteiger partial charge is 0.455 e. The molecular formula is C37H43N3O7. The smallest absolute Gasteiger partial charge is 0.313 e. The second-order valence-electron chi connectivity index (χ2n) is 13.8. The normalized spacial score (nSPS) is 32.6. The number of likely N-dealkylation sites (tertiary alicyclic amines) is 1. The van der Waals surface area contributed by atoms with Gasteiger partial charge in [0.25, 0.3) is 0 Å². The molecule has 4 aliphatic rings. The fraction of sp³-hybridized carbons (Fsp3) is 0.459. The van der Waals surface area contributed by atoms with E-state index in [9.17, 15) is 24.3 Å². The van der Waals surface area contributed by atoms with Crippen molar-refractivity contribution < 1.29 is 33.8 Å². The summed E-state index contributed by atoms with van der Waals surface area (Å²) >= 11 is 0. The van der Waals surface area contributed by atoms with Crippen LogP contribution in [0.1, 0.15) is 63.8 Å². The van der Waals surface area contributed by atoms with Crippen molar-refractivity contribution >= 4 is 23.7 Å². The lowest BCUT2D eigenvalue weighted by molar-refractivity contribution is -0.162. The van der Waals surface area contributed by atoms with Crippen LogP contribution in [0.25, 0.3) is 0 Å². The predicted molar refractivity (Wildman–Crippen MR) is 173 cm³/mol. The van der Waals surface area contributed by atoms with Gasteiger partial charge in [0.2, 0.25) is 17.7 Å². The first kappa shape index (κ1) is 32.7. The van der Waals surface area contributed by atoms with E-state index in [0.717, 1.165) is 0 Å². The molecule has 0 saturated carbocycles. The van der Waals surface area contributed by atoms with Gasteiger partial charge in [-0.25, -0.2) is 0 Å². The maximum atomic E-state index is 14.9. The molecular weight excluding hydrogens is 598 g/mol. The highest BCUT2D eigenvalue weighted by atomic mass is 16.6. The summed E-state index contributed by atoms with van der Waals surface area (Å²) in [4.78, 5) is 60.0. The minimum atomic E-state index is -1.52. The van der Waals surface area contributed by atoms with E-state index in [0.29, 0.717) is 17.5 Å². The summed E-state index contributed by atoms with van der Waals surface area (Å²) in [6, 6.07) is 15.7. The highest BCUT2D eigenvalue weighted by Gasteiger charge is 2.73. The lowest BCUT2D eigenvalue weighted by atomic mass is 9.77. The summed E-state index contributed by atoms with van der Waals surface area (Å²) in [5.41, 5.74) is -0.755. The number of fused-ring (bicyclic) bond motifs is 2. The maximum Gasteiger partial charge on any atom is 0.313 e. The molecule has 2 saturated heterocycles. The van der Waals surface area contributed by atoms with E-state index in [1.54, 1.807) is 30.1 Å². The number of ether oxygens (including phenoxy) is 2. The lowest BCUT2D eigenvalue weighted by Crippen LogP contribution is -2.59. The Bertz CT molecular complexity index is 1570. The first-order valence-electron chi connectivity index (χ1n) is 16.3. The van der Waals surface area contributed by atoms with Gasteiger partial charge in [0.1, 0.15) is 23.7 Å². The zero-order valence-corrected chi connectivity index (χ0v) is 27.2. The average molecular weight is 642 g/mol. The Morgan fingerprint density at radius 1 is 0.979 bits per heavy atom. The molecule has 10 nitrogen and oxygen atoms in total. The number of rotatable bonds is 4. The Kier molecular flexibility index (Phi) is 8.84. The van der Waals surface area contributed by atoms with Gasteiger partial charge in [-0.1, -0.05) is 85.0 Å². The van der Waals surface area contributed by atoms with Crippen LogP contribution in [0.4, 0.5) is 0 Å². The third-order valence-corrected chi connectivity index (χ3v) is 9.78. The monoisotopic (exact) mass is 641 g/mol. The standard InChI is InChI=1S/C37H43N3O7/c1-23-31(25-16-9-6-10-17-25)46-35(45)29-27(18-11-12-19-28(42)38-23)47-37-20-13-21-39(36(2,3)4)34(44)32(37)40(33(43)30(29)37)26(22-41)24-14-7-5-8-15-24/h5-11,13-18,20,23,26-27,29-32,41H,12,19,21-22H2,1-4H3,(H,38,42)/b18-11-/t23-,26+,27-,29+,30+,31+,32-,37+/m0/s1. The van der Waals surface area contributed by atoms with Crippen LogP contribution < -0.4 is 5.32 Å². The average Bonchev–Trinajstić information content (AvgIpc) is 3.42. The van der Waals surface area contributed by atoms with Crippen molar-refractivity contribution in [3.8, 4) is 0 Å². The number of carbonyl (C=O) groups excluding carboxylic acids is 4. The SMILES string of the molecule is C[C@@H]1NC(=O)CC/C=C\[C@@H]2O[C@@]34C=CCN(C(C)(C)C)C(=O)[C@@H]3N([C@H](CO)c3ccccc3)C(=O)[C@H]4[C@@H]2C(=O)O[C@H]1c1ccccc1. The van der Waals surface area contributed by atoms with Gasteiger partial charge in [-0.3, -0.25) is 19.2 Å². The molecule has 47 heavy (non-hydrogen) atoms. The fourth-order valence-electron chi connectivity index (χ4n) is 7.61. The van der Waals surface area contributed by atoms with Gasteiger partial charge in [-0.05, 0) is 45.2 Å². The highest BCUT2D eigenvalue weighted by molar-refractivity contribution is 5.99. The molecule has 2 N–H and O–H groups in total. The van der Waals surface area contributed by atoms with Crippen LogP contribution in [0.5, 0.6) is 0 Å². The van der Waals surface area contributed by atoms with E-state index in [1.807, 2.05) is 87.5 Å². The molecule has 2 aromatic rings. The molecule has 0 aromatic heterocycles. The maximum absolute atomic E-state index is 14.9. The molecule has 2 aromatic carbocycles. The van der Waals surface area contributed by atoms with E-state index in [2.05, 4.69) is 5.32 Å². The number of amides is 3. The minimum absolute atomic E-state index is 0.180. The molecule has 0 bridgehead atoms. The zero-order chi connectivity index (χ0) is 33.5. The molecule has 3 amide bonds. The number of hydrogen-bond acceptors (Lipinski definition) is 7. The number of cyclic esters (lactones) is 1. The number of allylic oxidation sites excluding steroid dienone is 1. The number of esters is 1. The van der Waals surface area contributed by atoms with Crippen LogP contribution in [-0.4, -0.2) is 81.1 Å². The van der Waals surface area contributed by atoms with Crippen LogP contribution >= 0.6 is 0 Å². The quantitative estimate of drug-likeness (QED) is 0.386. The Labute approximate surface area is 275 Å². The van der Waals surface area contributed by atoms with Crippen molar-refractivity contribution in [1.29, 1.82) is 0 Å². The van der Waals surface area contributed by atoms with Crippen molar-refractivity contribution in [2.75, 3.05) is 13.2 Å². The number of hydrogen-bond donors (Lipinski definition) is 2. The number of nitrogens with one attached hydrogen (secondary N) is 1. The van der Waals surface area contributed by atoms with Gasteiger partial charge in [-0.2, -0.15) is 0 Å². The first-order chi connectivity index (χ1) is 22.5. The van der Waals surface area contributed by atoms with E-state index < -0.39 is 71.8 Å². The summed E-state index contributed by atoms with van der Waals surface area (Å²) in [7, 11) is 0. The van der Waals surface area contributed by atoms with E-state index in [-0.39, 0.29) is 24.8 Å². The van der Waals surface area contributed by atoms with Crippen molar-refractivity contribution in [3.05, 3.63) is 96.1 Å². The third kappa shape index (κ3) is 5.78. The van der Waals surface area contributed by atoms with Crippen molar-refractivity contribution in [2.45, 2.75) is 82.0 Å². The summed E-state index contributed by atoms with van der Waals surface area (Å²) in [5.74, 6) is -3.85. The topological polar surface area (TPSA) is 125 Å². The van der Waals surface area contributed by atoms with Crippen LogP contribution in [-0.2, 0) is 28.7 Å². The Morgan fingerprint density at radius 2 is 1.66 bits per heavy atom. The summed E-state index contributed by atoms with van der Waals surface area (Å²) in [6.07, 6.45) is 5.98. The van der Waals surface area contributed by atoms with Gasteiger partial charge in [0.05, 0.1) is 30.7 Å². The molecule has 0 unspecified atom stereocenters. The molecule has 4 aliphatic heterocycles. The molecule has 248 valence electrons. The first-order valence-corrected chi connectivity index (χ1v) is 16.3. The van der Waals surface area contributed by atoms with Crippen LogP contribution in [0.2, 0.25) is 0 Å². The minimum Gasteiger partial charge on any atom is -0.455 e. The van der Waals surface area contributed by atoms with Gasteiger partial charge >= 0.3 is 5.97 Å². The zero-order valence-electron chi connectivity index (χ0n) is 27.2. The molecule has 10 heteroatoms. The molecule has 4 heterocycles. The van der Waals surface area contributed by atoms with Crippen molar-refractivity contribution in [1.82, 2.24) is 15.1 Å². The summed E-state index contributed by atoms with van der Waals surface area (Å²) < 4.78 is 13.1. The van der Waals surface area contributed by atoms with Gasteiger partial charge in [0.15, 0.2) is 0 Å². The number of carbonyl (C=O) groups is 4. The molecule has 0 aliphatic carbocycles. The Balaban J connectivity index is 1.50. The van der Waals surface area contributed by atoms with Crippen LogP contribution in [0, 0.1) is 11.8 Å². The molecule has 8 atom stereocenters. The lowest BCUT2D eigenvalue weighted by Gasteiger charge is -2.42. The van der Waals surface area contributed by atoms with Crippen molar-refractivity contribution in [2.24, 2.45) is 11.8 Å². The summed E-state index contributed by atoms with van der Waals surface area (Å²) in [5, 5.41) is 13.7. The Morgan fingerprint density at radius 3 is 2.32 bits per heavy atom. The van der Waals surface area contributed by atoms with E-state index in [4.69, 9.17) is 9.47 Å². The number of nitrogens with zero attached hydrogens (tertiary/aromatic N) is 2. The third-order valence-electron chi connectivity index (χ3n) is 9.78. The second-order valence-corrected chi connectivity index (χ2v) is 13.8. The highest BCUT2D eigenvalue weighted by Crippen LogP contribution is 2.55. The van der Waals surface area contributed by atoms with Crippen LogP contribution in [0.3, 0.4) is 0 Å². The second kappa shape index (κ2) is 12.7. The predicted octanol–water partition coefficient (Wildman–Crippen LogP) is 3.64. The van der Waals surface area contributed by atoms with Crippen LogP contribution in [0.15, 0.2) is 85.0 Å². The number of benzene rings is 2. The van der Waals surface area contributed by atoms with E-state index >= 15 is 0 Å². The fourth-order valence-corrected chi connectivity index (χ4v) is 7.61. The van der Waals surface area contributed by atoms with Gasteiger partial charge < -0.3 is 29.7 Å². The number of aliphatic hydroxyl groups is 1. The summed E-state index contributed by atoms with van der Waals surface area (Å²) in [6.45, 7) is 7.42. The molecule has 1 spiro atoms. The number of aliphatic hydroxyl groups excluding tert-OH is 1. The molecule has 0 radical (unpaired) electrons. The van der Waals surface area contributed by atoms with Crippen molar-refractivity contribution in [3.63, 3.8) is 0 Å².